The third kappa shape index (κ3) is 1.61. The monoisotopic (exact) mass is 256 g/mol. The lowest BCUT2D eigenvalue weighted by atomic mass is 9.80. The van der Waals surface area contributed by atoms with E-state index in [1.807, 2.05) is 0 Å². The van der Waals surface area contributed by atoms with Gasteiger partial charge in [-0.1, -0.05) is 72.9 Å². The summed E-state index contributed by atoms with van der Waals surface area (Å²) in [6.07, 6.45) is 17.7. The van der Waals surface area contributed by atoms with Gasteiger partial charge in [0.15, 0.2) is 0 Å². The van der Waals surface area contributed by atoms with Crippen molar-refractivity contribution in [3.05, 3.63) is 94.6 Å². The Hall–Kier alpha value is -2.34. The zero-order valence-corrected chi connectivity index (χ0v) is 11.5. The minimum Gasteiger partial charge on any atom is -0.0726 e. The van der Waals surface area contributed by atoms with Crippen molar-refractivity contribution in [2.24, 2.45) is 5.92 Å². The Morgan fingerprint density at radius 1 is 0.950 bits per heavy atom. The summed E-state index contributed by atoms with van der Waals surface area (Å²) in [5, 5.41) is 0. The average molecular weight is 256 g/mol. The van der Waals surface area contributed by atoms with Crippen LogP contribution in [0.3, 0.4) is 0 Å². The van der Waals surface area contributed by atoms with E-state index in [-0.39, 0.29) is 0 Å². The summed E-state index contributed by atoms with van der Waals surface area (Å²) in [6.45, 7) is 2.22. The predicted octanol–water partition coefficient (Wildman–Crippen LogP) is 5.10. The predicted molar refractivity (Wildman–Crippen MR) is 86.0 cm³/mol. The Morgan fingerprint density at radius 2 is 1.85 bits per heavy atom. The lowest BCUT2D eigenvalue weighted by Gasteiger charge is -2.24. The molecule has 0 nitrogen and oxygen atoms in total. The Labute approximate surface area is 119 Å². The van der Waals surface area contributed by atoms with E-state index in [4.69, 9.17) is 0 Å². The maximum atomic E-state index is 2.30. The Kier molecular flexibility index (Phi) is 2.50. The Bertz CT molecular complexity index is 761. The topological polar surface area (TPSA) is 0 Å². The number of hydrogen-bond acceptors (Lipinski definition) is 0. The molecule has 4 rings (SSSR count). The summed E-state index contributed by atoms with van der Waals surface area (Å²) >= 11 is 0. The van der Waals surface area contributed by atoms with E-state index in [1.165, 1.54) is 33.4 Å². The molecule has 0 spiro atoms. The van der Waals surface area contributed by atoms with E-state index < -0.39 is 0 Å². The molecule has 0 heteroatoms. The van der Waals surface area contributed by atoms with Crippen molar-refractivity contribution in [2.45, 2.75) is 6.92 Å². The van der Waals surface area contributed by atoms with Crippen LogP contribution < -0.4 is 0 Å². The van der Waals surface area contributed by atoms with Gasteiger partial charge in [-0.15, -0.1) is 0 Å². The molecule has 0 aliphatic heterocycles. The quantitative estimate of drug-likeness (QED) is 0.606. The minimum absolute atomic E-state index is 0.398. The van der Waals surface area contributed by atoms with Crippen LogP contribution in [-0.4, -0.2) is 0 Å². The van der Waals surface area contributed by atoms with Crippen LogP contribution in [0.15, 0.2) is 83.5 Å². The number of hydrogen-bond donors (Lipinski definition) is 0. The summed E-state index contributed by atoms with van der Waals surface area (Å²) in [5.74, 6) is 0.398. The van der Waals surface area contributed by atoms with Crippen LogP contribution in [0.4, 0.5) is 0 Å². The van der Waals surface area contributed by atoms with Crippen molar-refractivity contribution in [3.8, 4) is 0 Å². The van der Waals surface area contributed by atoms with E-state index >= 15 is 0 Å². The van der Waals surface area contributed by atoms with E-state index in [2.05, 4.69) is 79.8 Å². The van der Waals surface area contributed by atoms with Crippen LogP contribution in [0.25, 0.3) is 11.6 Å². The van der Waals surface area contributed by atoms with Gasteiger partial charge in [0.05, 0.1) is 0 Å². The molecular weight excluding hydrogens is 240 g/mol. The first kappa shape index (κ1) is 11.5. The molecule has 0 heterocycles. The standard InChI is InChI=1S/C20H16/c1-14-13-16-8-3-5-11-18(16)20(14)19-12-6-9-15-7-2-4-10-17(15)19/h2-13,17H,1H3/b20-19+. The molecule has 0 aromatic heterocycles. The van der Waals surface area contributed by atoms with Gasteiger partial charge < -0.3 is 0 Å². The highest BCUT2D eigenvalue weighted by Gasteiger charge is 2.25. The number of rotatable bonds is 0. The van der Waals surface area contributed by atoms with Crippen LogP contribution in [0, 0.1) is 5.92 Å². The molecule has 20 heavy (non-hydrogen) atoms. The molecule has 0 fully saturated rings. The van der Waals surface area contributed by atoms with Crippen molar-refractivity contribution in [2.75, 3.05) is 0 Å². The van der Waals surface area contributed by atoms with Gasteiger partial charge in [0.2, 0.25) is 0 Å². The third-order valence-corrected chi connectivity index (χ3v) is 4.25. The molecule has 0 amide bonds. The van der Waals surface area contributed by atoms with Gasteiger partial charge in [0.25, 0.3) is 0 Å². The molecule has 96 valence electrons. The number of benzene rings is 1. The highest BCUT2D eigenvalue weighted by molar-refractivity contribution is 5.97. The Balaban J connectivity index is 1.94. The van der Waals surface area contributed by atoms with Crippen LogP contribution in [0.5, 0.6) is 0 Å². The van der Waals surface area contributed by atoms with E-state index in [0.717, 1.165) is 0 Å². The van der Waals surface area contributed by atoms with Gasteiger partial charge in [-0.05, 0) is 40.3 Å². The SMILES string of the molecule is CC1=Cc2ccccc2/C1=C1\C=CC=C2C=CC=CC21. The second kappa shape index (κ2) is 4.35. The van der Waals surface area contributed by atoms with Gasteiger partial charge in [-0.3, -0.25) is 0 Å². The second-order valence-corrected chi connectivity index (χ2v) is 5.49. The molecule has 3 aliphatic rings. The molecule has 0 saturated carbocycles. The van der Waals surface area contributed by atoms with Crippen molar-refractivity contribution in [1.82, 2.24) is 0 Å². The molecule has 3 aliphatic carbocycles. The molecule has 1 aromatic carbocycles. The Morgan fingerprint density at radius 3 is 2.80 bits per heavy atom. The van der Waals surface area contributed by atoms with Crippen molar-refractivity contribution in [3.63, 3.8) is 0 Å². The van der Waals surface area contributed by atoms with Crippen LogP contribution in [0.2, 0.25) is 0 Å². The fourth-order valence-electron chi connectivity index (χ4n) is 3.36. The largest absolute Gasteiger partial charge is 0.0726 e. The first-order valence-corrected chi connectivity index (χ1v) is 7.10. The zero-order chi connectivity index (χ0) is 13.5. The second-order valence-electron chi connectivity index (χ2n) is 5.49. The maximum absolute atomic E-state index is 2.30. The zero-order valence-electron chi connectivity index (χ0n) is 11.5. The van der Waals surface area contributed by atoms with Gasteiger partial charge in [-0.25, -0.2) is 0 Å². The lowest BCUT2D eigenvalue weighted by molar-refractivity contribution is 0.935. The molecule has 0 radical (unpaired) electrons. The van der Waals surface area contributed by atoms with Crippen LogP contribution in [-0.2, 0) is 0 Å². The average Bonchev–Trinajstić information content (AvgIpc) is 2.82. The highest BCUT2D eigenvalue weighted by Crippen LogP contribution is 2.43. The minimum atomic E-state index is 0.398. The first-order chi connectivity index (χ1) is 9.84. The molecule has 0 saturated heterocycles. The molecular formula is C20H16. The number of fused-ring (bicyclic) bond motifs is 2. The van der Waals surface area contributed by atoms with Crippen molar-refractivity contribution in [1.29, 1.82) is 0 Å². The van der Waals surface area contributed by atoms with Gasteiger partial charge in [0, 0.05) is 5.92 Å². The normalized spacial score (nSPS) is 26.1. The third-order valence-electron chi connectivity index (χ3n) is 4.25. The van der Waals surface area contributed by atoms with E-state index in [0.29, 0.717) is 5.92 Å². The molecule has 0 bridgehead atoms. The smallest absolute Gasteiger partial charge is 0.0278 e. The summed E-state index contributed by atoms with van der Waals surface area (Å²) in [4.78, 5) is 0. The fourth-order valence-corrected chi connectivity index (χ4v) is 3.36. The summed E-state index contributed by atoms with van der Waals surface area (Å²) in [5.41, 5.74) is 8.29. The molecule has 1 unspecified atom stereocenters. The number of allylic oxidation sites excluding steroid dienone is 11. The summed E-state index contributed by atoms with van der Waals surface area (Å²) in [6, 6.07) is 8.68. The van der Waals surface area contributed by atoms with Crippen LogP contribution in [0.1, 0.15) is 18.1 Å². The first-order valence-electron chi connectivity index (χ1n) is 7.10. The summed E-state index contributed by atoms with van der Waals surface area (Å²) in [7, 11) is 0. The van der Waals surface area contributed by atoms with Crippen molar-refractivity contribution < 1.29 is 0 Å². The lowest BCUT2D eigenvalue weighted by Crippen LogP contribution is -2.09. The fraction of sp³-hybridized carbons (Fsp3) is 0.100. The van der Waals surface area contributed by atoms with E-state index in [9.17, 15) is 0 Å². The molecule has 1 aromatic rings. The van der Waals surface area contributed by atoms with Crippen LogP contribution >= 0.6 is 0 Å². The maximum Gasteiger partial charge on any atom is 0.0278 e. The van der Waals surface area contributed by atoms with Gasteiger partial charge >= 0.3 is 0 Å². The molecule has 0 N–H and O–H groups in total. The van der Waals surface area contributed by atoms with E-state index in [1.54, 1.807) is 0 Å². The molecule has 1 atom stereocenters. The van der Waals surface area contributed by atoms with Gasteiger partial charge in [-0.2, -0.15) is 0 Å². The highest BCUT2D eigenvalue weighted by atomic mass is 14.3. The summed E-state index contributed by atoms with van der Waals surface area (Å²) < 4.78 is 0. The van der Waals surface area contributed by atoms with Crippen molar-refractivity contribution >= 4 is 11.6 Å². The van der Waals surface area contributed by atoms with Gasteiger partial charge in [0.1, 0.15) is 0 Å².